The van der Waals surface area contributed by atoms with Crippen molar-refractivity contribution < 1.29 is 9.90 Å². The van der Waals surface area contributed by atoms with Gasteiger partial charge in [0.25, 0.3) is 0 Å². The Bertz CT molecular complexity index is 327. The van der Waals surface area contributed by atoms with Gasteiger partial charge in [-0.1, -0.05) is 41.5 Å². The molecule has 21 heavy (non-hydrogen) atoms. The van der Waals surface area contributed by atoms with Crippen molar-refractivity contribution in [2.45, 2.75) is 73.8 Å². The standard InChI is InChI=1S/C18H35NO2/c1-8-19-15(20)11-12-9-13(17(2,3)4)16(21)14(10-12)18(5,6)7/h12-14,16,21H,8-11H2,1-7H3,(H,19,20). The van der Waals surface area contributed by atoms with E-state index in [-0.39, 0.29) is 34.7 Å². The molecule has 1 amide bonds. The number of carbonyl (C=O) groups is 1. The SMILES string of the molecule is CCNC(=O)CC1CC(C(C)(C)C)C(O)C(C(C)(C)C)C1. The molecule has 1 fully saturated rings. The summed E-state index contributed by atoms with van der Waals surface area (Å²) in [6.45, 7) is 15.9. The Morgan fingerprint density at radius 2 is 1.48 bits per heavy atom. The largest absolute Gasteiger partial charge is 0.393 e. The maximum Gasteiger partial charge on any atom is 0.220 e. The summed E-state index contributed by atoms with van der Waals surface area (Å²) in [6.07, 6.45) is 2.23. The first-order chi connectivity index (χ1) is 9.46. The normalized spacial score (nSPS) is 31.0. The fraction of sp³-hybridized carbons (Fsp3) is 0.944. The van der Waals surface area contributed by atoms with E-state index in [1.807, 2.05) is 6.92 Å². The van der Waals surface area contributed by atoms with Crippen LogP contribution in [-0.2, 0) is 4.79 Å². The number of hydrogen-bond acceptors (Lipinski definition) is 2. The summed E-state index contributed by atoms with van der Waals surface area (Å²) in [5.74, 6) is 1.05. The highest BCUT2D eigenvalue weighted by atomic mass is 16.3. The molecular formula is C18H35NO2. The van der Waals surface area contributed by atoms with Crippen molar-refractivity contribution in [2.24, 2.45) is 28.6 Å². The first kappa shape index (κ1) is 18.5. The molecule has 124 valence electrons. The average molecular weight is 297 g/mol. The molecule has 3 nitrogen and oxygen atoms in total. The molecule has 2 unspecified atom stereocenters. The molecule has 0 aromatic carbocycles. The third-order valence-corrected chi connectivity index (χ3v) is 5.07. The average Bonchev–Trinajstić information content (AvgIpc) is 2.28. The number of rotatable bonds is 3. The fourth-order valence-corrected chi connectivity index (χ4v) is 3.80. The van der Waals surface area contributed by atoms with Crippen LogP contribution >= 0.6 is 0 Å². The van der Waals surface area contributed by atoms with Crippen LogP contribution in [-0.4, -0.2) is 23.7 Å². The molecule has 0 saturated heterocycles. The van der Waals surface area contributed by atoms with Gasteiger partial charge < -0.3 is 10.4 Å². The minimum absolute atomic E-state index is 0.0722. The Balaban J connectivity index is 2.91. The number of hydrogen-bond donors (Lipinski definition) is 2. The number of aliphatic hydroxyl groups is 1. The zero-order chi connectivity index (χ0) is 16.4. The van der Waals surface area contributed by atoms with Gasteiger partial charge in [0.05, 0.1) is 6.10 Å². The van der Waals surface area contributed by atoms with Crippen molar-refractivity contribution in [3.8, 4) is 0 Å². The molecule has 3 heteroatoms. The second-order valence-electron chi connectivity index (χ2n) is 8.93. The van der Waals surface area contributed by atoms with Crippen LogP contribution in [0.15, 0.2) is 0 Å². The molecule has 1 aliphatic carbocycles. The van der Waals surface area contributed by atoms with Gasteiger partial charge in [-0.2, -0.15) is 0 Å². The molecule has 1 aliphatic rings. The van der Waals surface area contributed by atoms with E-state index in [0.29, 0.717) is 18.9 Å². The minimum atomic E-state index is -0.268. The van der Waals surface area contributed by atoms with Crippen LogP contribution in [0, 0.1) is 28.6 Å². The Morgan fingerprint density at radius 3 is 1.81 bits per heavy atom. The van der Waals surface area contributed by atoms with Crippen LogP contribution in [0.4, 0.5) is 0 Å². The first-order valence-electron chi connectivity index (χ1n) is 8.41. The molecule has 0 bridgehead atoms. The van der Waals surface area contributed by atoms with Gasteiger partial charge in [0, 0.05) is 13.0 Å². The van der Waals surface area contributed by atoms with Crippen LogP contribution in [0.2, 0.25) is 0 Å². The maximum atomic E-state index is 11.9. The first-order valence-corrected chi connectivity index (χ1v) is 8.41. The van der Waals surface area contributed by atoms with Crippen LogP contribution in [0.1, 0.15) is 67.7 Å². The molecular weight excluding hydrogens is 262 g/mol. The lowest BCUT2D eigenvalue weighted by atomic mass is 9.58. The summed E-state index contributed by atoms with van der Waals surface area (Å²) in [7, 11) is 0. The zero-order valence-electron chi connectivity index (χ0n) is 15.0. The van der Waals surface area contributed by atoms with E-state index in [0.717, 1.165) is 12.8 Å². The van der Waals surface area contributed by atoms with Crippen molar-refractivity contribution in [1.82, 2.24) is 5.32 Å². The lowest BCUT2D eigenvalue weighted by Gasteiger charge is -2.49. The Labute approximate surface area is 130 Å². The third-order valence-electron chi connectivity index (χ3n) is 5.07. The van der Waals surface area contributed by atoms with E-state index in [9.17, 15) is 9.90 Å². The summed E-state index contributed by atoms with van der Waals surface area (Å²) in [4.78, 5) is 11.9. The number of aliphatic hydroxyl groups excluding tert-OH is 1. The molecule has 0 aliphatic heterocycles. The van der Waals surface area contributed by atoms with E-state index in [2.05, 4.69) is 46.9 Å². The molecule has 2 atom stereocenters. The molecule has 0 aromatic rings. The fourth-order valence-electron chi connectivity index (χ4n) is 3.80. The summed E-state index contributed by atoms with van der Waals surface area (Å²) >= 11 is 0. The Hall–Kier alpha value is -0.570. The van der Waals surface area contributed by atoms with E-state index in [1.165, 1.54) is 0 Å². The molecule has 1 saturated carbocycles. The van der Waals surface area contributed by atoms with E-state index in [1.54, 1.807) is 0 Å². The topological polar surface area (TPSA) is 49.3 Å². The third kappa shape index (κ3) is 4.98. The minimum Gasteiger partial charge on any atom is -0.393 e. The van der Waals surface area contributed by atoms with Gasteiger partial charge in [-0.25, -0.2) is 0 Å². The number of amides is 1. The Kier molecular flexibility index (Phi) is 5.88. The van der Waals surface area contributed by atoms with Crippen LogP contribution in [0.25, 0.3) is 0 Å². The summed E-state index contributed by atoms with van der Waals surface area (Å²) in [5, 5.41) is 13.8. The monoisotopic (exact) mass is 297 g/mol. The van der Waals surface area contributed by atoms with E-state index in [4.69, 9.17) is 0 Å². The lowest BCUT2D eigenvalue weighted by molar-refractivity contribution is -0.125. The maximum absolute atomic E-state index is 11.9. The van der Waals surface area contributed by atoms with Crippen LogP contribution < -0.4 is 5.32 Å². The lowest BCUT2D eigenvalue weighted by Crippen LogP contribution is -2.48. The predicted molar refractivity (Wildman–Crippen MR) is 87.9 cm³/mol. The van der Waals surface area contributed by atoms with Gasteiger partial charge in [-0.3, -0.25) is 4.79 Å². The molecule has 1 rings (SSSR count). The van der Waals surface area contributed by atoms with Crippen molar-refractivity contribution in [1.29, 1.82) is 0 Å². The molecule has 0 spiro atoms. The molecule has 0 radical (unpaired) electrons. The number of nitrogens with one attached hydrogen (secondary N) is 1. The van der Waals surface area contributed by atoms with Gasteiger partial charge in [-0.05, 0) is 48.3 Å². The predicted octanol–water partition coefficient (Wildman–Crippen LogP) is 3.61. The summed E-state index contributed by atoms with van der Waals surface area (Å²) in [6, 6.07) is 0. The summed E-state index contributed by atoms with van der Waals surface area (Å²) < 4.78 is 0. The van der Waals surface area contributed by atoms with Crippen LogP contribution in [0.5, 0.6) is 0 Å². The second-order valence-corrected chi connectivity index (χ2v) is 8.93. The Morgan fingerprint density at radius 1 is 1.05 bits per heavy atom. The molecule has 0 aromatic heterocycles. The zero-order valence-corrected chi connectivity index (χ0v) is 15.0. The highest BCUT2D eigenvalue weighted by Gasteiger charge is 2.46. The van der Waals surface area contributed by atoms with Gasteiger partial charge >= 0.3 is 0 Å². The molecule has 2 N–H and O–H groups in total. The smallest absolute Gasteiger partial charge is 0.220 e. The highest BCUT2D eigenvalue weighted by molar-refractivity contribution is 5.76. The molecule has 0 heterocycles. The van der Waals surface area contributed by atoms with Crippen molar-refractivity contribution in [3.05, 3.63) is 0 Å². The van der Waals surface area contributed by atoms with Crippen molar-refractivity contribution in [3.63, 3.8) is 0 Å². The van der Waals surface area contributed by atoms with Gasteiger partial charge in [-0.15, -0.1) is 0 Å². The van der Waals surface area contributed by atoms with Crippen LogP contribution in [0.3, 0.4) is 0 Å². The van der Waals surface area contributed by atoms with Gasteiger partial charge in [0.1, 0.15) is 0 Å². The highest BCUT2D eigenvalue weighted by Crippen LogP contribution is 2.49. The van der Waals surface area contributed by atoms with Crippen molar-refractivity contribution >= 4 is 5.91 Å². The quantitative estimate of drug-likeness (QED) is 0.836. The van der Waals surface area contributed by atoms with E-state index < -0.39 is 0 Å². The number of carbonyl (C=O) groups excluding carboxylic acids is 1. The van der Waals surface area contributed by atoms with Crippen molar-refractivity contribution in [2.75, 3.05) is 6.54 Å². The summed E-state index contributed by atoms with van der Waals surface area (Å²) in [5.41, 5.74) is 0.144. The second kappa shape index (κ2) is 6.68. The van der Waals surface area contributed by atoms with Gasteiger partial charge in [0.2, 0.25) is 5.91 Å². The van der Waals surface area contributed by atoms with E-state index >= 15 is 0 Å². The van der Waals surface area contributed by atoms with Gasteiger partial charge in [0.15, 0.2) is 0 Å².